The van der Waals surface area contributed by atoms with E-state index in [4.69, 9.17) is 32.7 Å². The van der Waals surface area contributed by atoms with Crippen LogP contribution >= 0.6 is 35.6 Å². The Hall–Kier alpha value is -1.98. The highest BCUT2D eigenvalue weighted by Crippen LogP contribution is 2.30. The number of hydrogen-bond donors (Lipinski definition) is 1. The average molecular weight is 457 g/mol. The Bertz CT molecular complexity index is 933. The molecule has 0 spiro atoms. The number of hydrogen-bond acceptors (Lipinski definition) is 3. The largest absolute Gasteiger partial charge is 0.493 e. The number of halogens is 4. The molecule has 154 valence electrons. The van der Waals surface area contributed by atoms with Gasteiger partial charge in [0, 0.05) is 23.7 Å². The van der Waals surface area contributed by atoms with Crippen LogP contribution in [0.25, 0.3) is 0 Å². The molecule has 0 unspecified atom stereocenters. The molecule has 7 heteroatoms. The second-order valence-electron chi connectivity index (χ2n) is 6.17. The van der Waals surface area contributed by atoms with Crippen LogP contribution in [0.5, 0.6) is 11.5 Å². The number of rotatable bonds is 8. The molecule has 0 heterocycles. The summed E-state index contributed by atoms with van der Waals surface area (Å²) in [6.45, 7) is 1.32. The predicted octanol–water partition coefficient (Wildman–Crippen LogP) is 6.43. The number of methoxy groups -OCH3 is 1. The van der Waals surface area contributed by atoms with Gasteiger partial charge in [0.05, 0.1) is 12.1 Å². The van der Waals surface area contributed by atoms with Crippen molar-refractivity contribution in [2.75, 3.05) is 7.11 Å². The molecular weight excluding hydrogens is 436 g/mol. The monoisotopic (exact) mass is 455 g/mol. The van der Waals surface area contributed by atoms with Crippen molar-refractivity contribution in [3.05, 3.63) is 93.2 Å². The third kappa shape index (κ3) is 6.25. The molecule has 29 heavy (non-hydrogen) atoms. The third-order valence-electron chi connectivity index (χ3n) is 4.26. The quantitative estimate of drug-likeness (QED) is 0.423. The molecule has 0 atom stereocenters. The summed E-state index contributed by atoms with van der Waals surface area (Å²) in [4.78, 5) is 0. The van der Waals surface area contributed by atoms with Crippen LogP contribution in [-0.4, -0.2) is 7.11 Å². The highest BCUT2D eigenvalue weighted by molar-refractivity contribution is 6.31. The molecule has 0 saturated carbocycles. The minimum Gasteiger partial charge on any atom is -0.493 e. The number of ether oxygens (including phenoxy) is 2. The first-order valence-corrected chi connectivity index (χ1v) is 9.51. The topological polar surface area (TPSA) is 30.5 Å². The predicted molar refractivity (Wildman–Crippen MR) is 118 cm³/mol. The molecule has 0 amide bonds. The maximum absolute atomic E-state index is 13.9. The lowest BCUT2D eigenvalue weighted by Gasteiger charge is -2.14. The van der Waals surface area contributed by atoms with E-state index in [1.165, 1.54) is 6.07 Å². The Balaban J connectivity index is 0.00000300. The minimum atomic E-state index is -0.396. The highest BCUT2D eigenvalue weighted by Gasteiger charge is 2.11. The first kappa shape index (κ1) is 23.3. The van der Waals surface area contributed by atoms with Gasteiger partial charge in [-0.3, -0.25) is 0 Å². The average Bonchev–Trinajstić information content (AvgIpc) is 2.69. The van der Waals surface area contributed by atoms with Gasteiger partial charge in [-0.25, -0.2) is 4.39 Å². The van der Waals surface area contributed by atoms with Gasteiger partial charge in [-0.1, -0.05) is 53.5 Å². The van der Waals surface area contributed by atoms with Crippen molar-refractivity contribution in [1.82, 2.24) is 5.32 Å². The van der Waals surface area contributed by atoms with Crippen molar-refractivity contribution in [2.24, 2.45) is 0 Å². The van der Waals surface area contributed by atoms with Crippen LogP contribution in [0.1, 0.15) is 16.7 Å². The fourth-order valence-corrected chi connectivity index (χ4v) is 3.16. The van der Waals surface area contributed by atoms with Crippen LogP contribution in [-0.2, 0) is 19.7 Å². The van der Waals surface area contributed by atoms with Crippen molar-refractivity contribution < 1.29 is 13.9 Å². The zero-order valence-corrected chi connectivity index (χ0v) is 18.1. The molecule has 0 aliphatic rings. The first-order chi connectivity index (χ1) is 13.6. The van der Waals surface area contributed by atoms with Gasteiger partial charge in [-0.2, -0.15) is 0 Å². The van der Waals surface area contributed by atoms with E-state index in [1.807, 2.05) is 36.4 Å². The summed E-state index contributed by atoms with van der Waals surface area (Å²) in [5, 5.41) is 4.43. The lowest BCUT2D eigenvalue weighted by Crippen LogP contribution is -2.13. The summed E-state index contributed by atoms with van der Waals surface area (Å²) in [7, 11) is 1.57. The Morgan fingerprint density at radius 2 is 1.66 bits per heavy atom. The van der Waals surface area contributed by atoms with Crippen LogP contribution in [0.15, 0.2) is 60.7 Å². The van der Waals surface area contributed by atoms with Gasteiger partial charge >= 0.3 is 0 Å². The molecule has 3 nitrogen and oxygen atoms in total. The van der Waals surface area contributed by atoms with E-state index in [0.717, 1.165) is 16.1 Å². The maximum atomic E-state index is 13.9. The van der Waals surface area contributed by atoms with Crippen molar-refractivity contribution in [3.63, 3.8) is 0 Å². The summed E-state index contributed by atoms with van der Waals surface area (Å²) in [6.07, 6.45) is 0. The molecule has 0 radical (unpaired) electrons. The lowest BCUT2D eigenvalue weighted by molar-refractivity contribution is 0.279. The summed E-state index contributed by atoms with van der Waals surface area (Å²) in [5.41, 5.74) is 2.38. The van der Waals surface area contributed by atoms with Gasteiger partial charge in [0.1, 0.15) is 12.4 Å². The summed E-state index contributed by atoms with van der Waals surface area (Å²) in [6, 6.07) is 17.9. The molecule has 3 aromatic carbocycles. The third-order valence-corrected chi connectivity index (χ3v) is 4.99. The van der Waals surface area contributed by atoms with E-state index in [0.29, 0.717) is 35.2 Å². The molecule has 0 aliphatic heterocycles. The van der Waals surface area contributed by atoms with Gasteiger partial charge in [-0.15, -0.1) is 12.4 Å². The van der Waals surface area contributed by atoms with E-state index in [-0.39, 0.29) is 19.0 Å². The second kappa shape index (κ2) is 11.3. The second-order valence-corrected chi connectivity index (χ2v) is 6.98. The standard InChI is InChI=1S/C22H20Cl2FNO2.ClH/c1-27-22-11-15(12-26-13-16-5-2-3-6-18(16)23)9-10-21(22)28-14-17-19(24)7-4-8-20(17)25;/h2-11,26H,12-14H2,1H3;1H. The molecule has 0 bridgehead atoms. The molecule has 0 saturated heterocycles. The molecule has 1 N–H and O–H groups in total. The number of nitrogens with one attached hydrogen (secondary N) is 1. The maximum Gasteiger partial charge on any atom is 0.161 e. The molecular formula is C22H21Cl3FNO2. The van der Waals surface area contributed by atoms with Crippen molar-refractivity contribution in [1.29, 1.82) is 0 Å². The van der Waals surface area contributed by atoms with Gasteiger partial charge in [0.2, 0.25) is 0 Å². The Morgan fingerprint density at radius 3 is 2.38 bits per heavy atom. The van der Waals surface area contributed by atoms with E-state index in [2.05, 4.69) is 5.32 Å². The Kier molecular flexibility index (Phi) is 9.05. The zero-order valence-electron chi connectivity index (χ0n) is 15.8. The highest BCUT2D eigenvalue weighted by atomic mass is 35.5. The SMILES string of the molecule is COc1cc(CNCc2ccccc2Cl)ccc1OCc1c(F)cccc1Cl.Cl. The molecule has 0 aromatic heterocycles. The molecule has 0 fully saturated rings. The van der Waals surface area contributed by atoms with Crippen LogP contribution in [0.4, 0.5) is 4.39 Å². The fourth-order valence-electron chi connectivity index (χ4n) is 2.74. The summed E-state index contributed by atoms with van der Waals surface area (Å²) < 4.78 is 25.0. The van der Waals surface area contributed by atoms with Gasteiger partial charge in [0.25, 0.3) is 0 Å². The molecule has 3 rings (SSSR count). The first-order valence-electron chi connectivity index (χ1n) is 8.75. The van der Waals surface area contributed by atoms with Gasteiger partial charge < -0.3 is 14.8 Å². The summed E-state index contributed by atoms with van der Waals surface area (Å²) >= 11 is 12.2. The normalized spacial score (nSPS) is 10.3. The minimum absolute atomic E-state index is 0. The Morgan fingerprint density at radius 1 is 0.897 bits per heavy atom. The number of benzene rings is 3. The lowest BCUT2D eigenvalue weighted by atomic mass is 10.1. The van der Waals surface area contributed by atoms with Crippen LogP contribution in [0.2, 0.25) is 10.0 Å². The van der Waals surface area contributed by atoms with E-state index in [9.17, 15) is 4.39 Å². The molecule has 0 aliphatic carbocycles. The van der Waals surface area contributed by atoms with Crippen LogP contribution < -0.4 is 14.8 Å². The van der Waals surface area contributed by atoms with Crippen molar-refractivity contribution in [3.8, 4) is 11.5 Å². The van der Waals surface area contributed by atoms with E-state index < -0.39 is 5.82 Å². The van der Waals surface area contributed by atoms with Crippen molar-refractivity contribution >= 4 is 35.6 Å². The van der Waals surface area contributed by atoms with E-state index in [1.54, 1.807) is 25.3 Å². The van der Waals surface area contributed by atoms with Crippen LogP contribution in [0.3, 0.4) is 0 Å². The zero-order chi connectivity index (χ0) is 19.9. The summed E-state index contributed by atoms with van der Waals surface area (Å²) in [5.74, 6) is 0.702. The Labute approximate surface area is 186 Å². The van der Waals surface area contributed by atoms with Gasteiger partial charge in [-0.05, 0) is 41.5 Å². The smallest absolute Gasteiger partial charge is 0.161 e. The van der Waals surface area contributed by atoms with Crippen LogP contribution in [0, 0.1) is 5.82 Å². The molecule has 3 aromatic rings. The fraction of sp³-hybridized carbons (Fsp3) is 0.182. The van der Waals surface area contributed by atoms with Gasteiger partial charge in [0.15, 0.2) is 11.5 Å². The van der Waals surface area contributed by atoms with E-state index >= 15 is 0 Å². The van der Waals surface area contributed by atoms with Crippen molar-refractivity contribution in [2.45, 2.75) is 19.7 Å².